The van der Waals surface area contributed by atoms with Crippen LogP contribution in [0, 0.1) is 0 Å². The average Bonchev–Trinajstić information content (AvgIpc) is 2.79. The lowest BCUT2D eigenvalue weighted by Gasteiger charge is -2.25. The Morgan fingerprint density at radius 1 is 1.50 bits per heavy atom. The number of nitrogen functional groups attached to an aromatic ring is 1. The highest BCUT2D eigenvalue weighted by Crippen LogP contribution is 2.13. The molecule has 0 bridgehead atoms. The van der Waals surface area contributed by atoms with Crippen molar-refractivity contribution in [1.29, 1.82) is 0 Å². The van der Waals surface area contributed by atoms with E-state index >= 15 is 0 Å². The third-order valence-electron chi connectivity index (χ3n) is 2.70. The van der Waals surface area contributed by atoms with E-state index in [1.807, 2.05) is 10.3 Å². The molecule has 3 N–H and O–H groups in total. The van der Waals surface area contributed by atoms with Crippen molar-refractivity contribution >= 4 is 27.1 Å². The molecule has 1 fully saturated rings. The monoisotopic (exact) mass is 290 g/mol. The van der Waals surface area contributed by atoms with E-state index in [2.05, 4.69) is 4.98 Å². The third kappa shape index (κ3) is 3.25. The quantitative estimate of drug-likeness (QED) is 0.419. The zero-order chi connectivity index (χ0) is 13.2. The number of nitrogens with two attached hydrogens (primary N) is 1. The number of nitrogens with zero attached hydrogens (tertiary/aromatic N) is 2. The van der Waals surface area contributed by atoms with Gasteiger partial charge in [-0.25, -0.2) is 19.2 Å². The first-order valence-electron chi connectivity index (χ1n) is 5.38. The molecule has 0 radical (unpaired) electrons. The number of hydrazine groups is 1. The van der Waals surface area contributed by atoms with Gasteiger partial charge in [-0.1, -0.05) is 0 Å². The predicted octanol–water partition coefficient (Wildman–Crippen LogP) is -1.02. The van der Waals surface area contributed by atoms with Crippen LogP contribution in [0.2, 0.25) is 0 Å². The van der Waals surface area contributed by atoms with E-state index in [9.17, 15) is 13.2 Å². The number of hydrogen-bond donors (Lipinski definition) is 2. The summed E-state index contributed by atoms with van der Waals surface area (Å²) in [5, 5.41) is 2.10. The van der Waals surface area contributed by atoms with Crippen molar-refractivity contribution in [2.24, 2.45) is 5.84 Å². The molecule has 1 aliphatic rings. The van der Waals surface area contributed by atoms with Gasteiger partial charge in [-0.2, -0.15) is 0 Å². The lowest BCUT2D eigenvalue weighted by molar-refractivity contribution is 0.0953. The molecule has 18 heavy (non-hydrogen) atoms. The highest BCUT2D eigenvalue weighted by Gasteiger charge is 2.22. The molecule has 7 nitrogen and oxygen atoms in total. The zero-order valence-electron chi connectivity index (χ0n) is 9.63. The molecule has 9 heteroatoms. The highest BCUT2D eigenvalue weighted by molar-refractivity contribution is 7.91. The largest absolute Gasteiger partial charge is 0.295 e. The standard InChI is InChI=1S/C9H14N4O3S2/c10-12-8(14)9-11-7(6-17-9)5-13-1-3-18(15,16)4-2-13/h6H,1-5,10H2,(H,12,14). The molecule has 0 spiro atoms. The Bertz CT molecular complexity index is 526. The van der Waals surface area contributed by atoms with Gasteiger partial charge in [0.05, 0.1) is 17.2 Å². The molecule has 1 saturated heterocycles. The van der Waals surface area contributed by atoms with Gasteiger partial charge < -0.3 is 0 Å². The molecule has 2 heterocycles. The van der Waals surface area contributed by atoms with Crippen LogP contribution in [0.25, 0.3) is 0 Å². The van der Waals surface area contributed by atoms with Crippen LogP contribution in [0.5, 0.6) is 0 Å². The number of hydrogen-bond acceptors (Lipinski definition) is 7. The lowest BCUT2D eigenvalue weighted by atomic mass is 10.4. The second kappa shape index (κ2) is 5.31. The lowest BCUT2D eigenvalue weighted by Crippen LogP contribution is -2.39. The molecule has 0 aliphatic carbocycles. The van der Waals surface area contributed by atoms with Crippen LogP contribution >= 0.6 is 11.3 Å². The van der Waals surface area contributed by atoms with Crippen LogP contribution in [-0.2, 0) is 16.4 Å². The predicted molar refractivity (Wildman–Crippen MR) is 67.7 cm³/mol. The van der Waals surface area contributed by atoms with E-state index in [-0.39, 0.29) is 11.5 Å². The molecular formula is C9H14N4O3S2. The highest BCUT2D eigenvalue weighted by atomic mass is 32.2. The molecule has 100 valence electrons. The topological polar surface area (TPSA) is 105 Å². The van der Waals surface area contributed by atoms with Crippen molar-refractivity contribution in [2.75, 3.05) is 24.6 Å². The molecule has 0 unspecified atom stereocenters. The Morgan fingerprint density at radius 2 is 2.17 bits per heavy atom. The number of amides is 1. The number of carbonyl (C=O) groups excluding carboxylic acids is 1. The number of sulfone groups is 1. The maximum atomic E-state index is 11.3. The first-order chi connectivity index (χ1) is 8.50. The molecule has 2 rings (SSSR count). The first kappa shape index (κ1) is 13.4. The molecule has 0 saturated carbocycles. The van der Waals surface area contributed by atoms with Crippen molar-refractivity contribution in [3.05, 3.63) is 16.1 Å². The molecule has 1 aromatic rings. The summed E-state index contributed by atoms with van der Waals surface area (Å²) in [5.41, 5.74) is 2.79. The number of aromatic nitrogens is 1. The summed E-state index contributed by atoms with van der Waals surface area (Å²) in [6, 6.07) is 0. The minimum atomic E-state index is -2.86. The smallest absolute Gasteiger partial charge is 0.294 e. The normalized spacial score (nSPS) is 19.6. The van der Waals surface area contributed by atoms with E-state index in [0.29, 0.717) is 24.6 Å². The SMILES string of the molecule is NNC(=O)c1nc(CN2CCS(=O)(=O)CC2)cs1. The Kier molecular flexibility index (Phi) is 3.95. The molecule has 1 aliphatic heterocycles. The third-order valence-corrected chi connectivity index (χ3v) is 5.20. The van der Waals surface area contributed by atoms with Crippen molar-refractivity contribution in [1.82, 2.24) is 15.3 Å². The van der Waals surface area contributed by atoms with Crippen LogP contribution in [-0.4, -0.2) is 48.8 Å². The number of rotatable bonds is 3. The first-order valence-corrected chi connectivity index (χ1v) is 8.08. The van der Waals surface area contributed by atoms with Crippen molar-refractivity contribution in [3.8, 4) is 0 Å². The number of nitrogens with one attached hydrogen (secondary N) is 1. The molecule has 1 aromatic heterocycles. The number of thiazole rings is 1. The van der Waals surface area contributed by atoms with Crippen LogP contribution in [0.3, 0.4) is 0 Å². The van der Waals surface area contributed by atoms with Crippen LogP contribution in [0.4, 0.5) is 0 Å². The second-order valence-corrected chi connectivity index (χ2v) is 7.21. The summed E-state index contributed by atoms with van der Waals surface area (Å²) < 4.78 is 22.5. The minimum Gasteiger partial charge on any atom is -0.295 e. The minimum absolute atomic E-state index is 0.188. The van der Waals surface area contributed by atoms with E-state index in [1.165, 1.54) is 11.3 Å². The van der Waals surface area contributed by atoms with Gasteiger partial charge >= 0.3 is 0 Å². The summed E-state index contributed by atoms with van der Waals surface area (Å²) in [6.45, 7) is 1.58. The summed E-state index contributed by atoms with van der Waals surface area (Å²) in [7, 11) is -2.86. The van der Waals surface area contributed by atoms with Crippen molar-refractivity contribution in [2.45, 2.75) is 6.54 Å². The fourth-order valence-corrected chi connectivity index (χ4v) is 3.67. The summed E-state index contributed by atoms with van der Waals surface area (Å²) in [5.74, 6) is 4.98. The summed E-state index contributed by atoms with van der Waals surface area (Å²) in [6.07, 6.45) is 0. The average molecular weight is 290 g/mol. The molecular weight excluding hydrogens is 276 g/mol. The summed E-state index contributed by atoms with van der Waals surface area (Å²) >= 11 is 1.22. The van der Waals surface area contributed by atoms with Crippen LogP contribution < -0.4 is 11.3 Å². The fourth-order valence-electron chi connectivity index (χ4n) is 1.68. The maximum Gasteiger partial charge on any atom is 0.294 e. The van der Waals surface area contributed by atoms with Crippen LogP contribution in [0.15, 0.2) is 5.38 Å². The van der Waals surface area contributed by atoms with Crippen molar-refractivity contribution < 1.29 is 13.2 Å². The van der Waals surface area contributed by atoms with Gasteiger partial charge in [0.1, 0.15) is 0 Å². The number of carbonyl (C=O) groups is 1. The van der Waals surface area contributed by atoms with Gasteiger partial charge in [-0.15, -0.1) is 11.3 Å². The molecule has 0 atom stereocenters. The Hall–Kier alpha value is -1.03. The molecule has 1 amide bonds. The molecule has 0 aromatic carbocycles. The van der Waals surface area contributed by atoms with Gasteiger partial charge in [-0.05, 0) is 0 Å². The van der Waals surface area contributed by atoms with E-state index in [4.69, 9.17) is 5.84 Å². The van der Waals surface area contributed by atoms with Gasteiger partial charge in [0.25, 0.3) is 5.91 Å². The van der Waals surface area contributed by atoms with Gasteiger partial charge in [0, 0.05) is 25.0 Å². The Balaban J connectivity index is 1.94. The van der Waals surface area contributed by atoms with Gasteiger partial charge in [0.15, 0.2) is 14.8 Å². The Labute approximate surface area is 109 Å². The Morgan fingerprint density at radius 3 is 2.78 bits per heavy atom. The fraction of sp³-hybridized carbons (Fsp3) is 0.556. The van der Waals surface area contributed by atoms with Gasteiger partial charge in [0.2, 0.25) is 0 Å². The van der Waals surface area contributed by atoms with Gasteiger partial charge in [-0.3, -0.25) is 15.1 Å². The summed E-state index contributed by atoms with van der Waals surface area (Å²) in [4.78, 5) is 17.4. The second-order valence-electron chi connectivity index (χ2n) is 4.05. The van der Waals surface area contributed by atoms with E-state index in [1.54, 1.807) is 5.38 Å². The van der Waals surface area contributed by atoms with Crippen molar-refractivity contribution in [3.63, 3.8) is 0 Å². The maximum absolute atomic E-state index is 11.3. The zero-order valence-corrected chi connectivity index (χ0v) is 11.3. The van der Waals surface area contributed by atoms with E-state index < -0.39 is 15.7 Å². The van der Waals surface area contributed by atoms with E-state index in [0.717, 1.165) is 5.69 Å². The van der Waals surface area contributed by atoms with Crippen LogP contribution in [0.1, 0.15) is 15.5 Å².